The Kier molecular flexibility index (Phi) is 6.08. The number of ether oxygens (including phenoxy) is 3. The summed E-state index contributed by atoms with van der Waals surface area (Å²) in [7, 11) is 5.40. The van der Waals surface area contributed by atoms with E-state index in [9.17, 15) is 4.39 Å². The second-order valence-corrected chi connectivity index (χ2v) is 7.01. The minimum atomic E-state index is -0.312. The number of hydrogen-bond acceptors (Lipinski definition) is 4. The van der Waals surface area contributed by atoms with Crippen LogP contribution in [0, 0.1) is 5.82 Å². The molecule has 1 saturated heterocycles. The van der Waals surface area contributed by atoms with Gasteiger partial charge in [-0.3, -0.25) is 4.90 Å². The van der Waals surface area contributed by atoms with Gasteiger partial charge in [0, 0.05) is 0 Å². The summed E-state index contributed by atoms with van der Waals surface area (Å²) in [6.45, 7) is 1.03. The molecule has 4 nitrogen and oxygen atoms in total. The van der Waals surface area contributed by atoms with Crippen LogP contribution in [0.25, 0.3) is 0 Å². The molecule has 0 N–H and O–H groups in total. The molecule has 1 fully saturated rings. The van der Waals surface area contributed by atoms with Gasteiger partial charge >= 0.3 is 0 Å². The molecule has 0 bridgehead atoms. The lowest BCUT2D eigenvalue weighted by molar-refractivity contribution is -0.0794. The van der Waals surface area contributed by atoms with E-state index >= 15 is 0 Å². The summed E-state index contributed by atoms with van der Waals surface area (Å²) < 4.78 is 31.4. The predicted octanol–water partition coefficient (Wildman–Crippen LogP) is 4.68. The summed E-state index contributed by atoms with van der Waals surface area (Å²) in [4.78, 5) is 2.33. The average Bonchev–Trinajstić information content (AvgIpc) is 2.66. The van der Waals surface area contributed by atoms with Gasteiger partial charge in [0.15, 0.2) is 11.5 Å². The zero-order valence-electron chi connectivity index (χ0n) is 15.8. The van der Waals surface area contributed by atoms with E-state index in [1.54, 1.807) is 26.4 Å². The van der Waals surface area contributed by atoms with Gasteiger partial charge < -0.3 is 14.2 Å². The quantitative estimate of drug-likeness (QED) is 0.697. The lowest BCUT2D eigenvalue weighted by Gasteiger charge is -2.46. The highest BCUT2D eigenvalue weighted by molar-refractivity contribution is 8.93. The third-order valence-corrected chi connectivity index (χ3v) is 5.48. The van der Waals surface area contributed by atoms with Gasteiger partial charge in [0.25, 0.3) is 0 Å². The smallest absolute Gasteiger partial charge is 0.161 e. The first-order valence-corrected chi connectivity index (χ1v) is 8.99. The van der Waals surface area contributed by atoms with E-state index in [1.165, 1.54) is 11.6 Å². The molecule has 3 atom stereocenters. The summed E-state index contributed by atoms with van der Waals surface area (Å²) in [6.07, 6.45) is 1.85. The topological polar surface area (TPSA) is 30.9 Å². The van der Waals surface area contributed by atoms with Crippen LogP contribution in [-0.4, -0.2) is 38.8 Å². The maximum atomic E-state index is 13.8. The normalized spacial score (nSPS) is 24.4. The van der Waals surface area contributed by atoms with Gasteiger partial charge in [-0.05, 0) is 67.4 Å². The van der Waals surface area contributed by atoms with Crippen LogP contribution in [0.5, 0.6) is 11.5 Å². The van der Waals surface area contributed by atoms with Gasteiger partial charge in [0.2, 0.25) is 0 Å². The van der Waals surface area contributed by atoms with E-state index in [4.69, 9.17) is 14.2 Å². The largest absolute Gasteiger partial charge is 0.493 e. The van der Waals surface area contributed by atoms with Gasteiger partial charge in [-0.2, -0.15) is 0 Å². The van der Waals surface area contributed by atoms with Crippen LogP contribution >= 0.6 is 17.0 Å². The monoisotopic (exact) mass is 437 g/mol. The van der Waals surface area contributed by atoms with Gasteiger partial charge in [0.05, 0.1) is 26.4 Å². The first kappa shape index (κ1) is 20.1. The second kappa shape index (κ2) is 8.17. The Labute approximate surface area is 170 Å². The predicted molar refractivity (Wildman–Crippen MR) is 108 cm³/mol. The molecule has 1 unspecified atom stereocenters. The number of piperidine rings is 1. The number of fused-ring (bicyclic) bond motifs is 3. The molecule has 146 valence electrons. The molecule has 0 radical (unpaired) electrons. The summed E-state index contributed by atoms with van der Waals surface area (Å²) in [5, 5.41) is 0. The molecule has 0 saturated carbocycles. The van der Waals surface area contributed by atoms with Crippen molar-refractivity contribution in [2.75, 3.05) is 27.8 Å². The number of likely N-dealkylation sites (tertiary alicyclic amines) is 1. The van der Waals surface area contributed by atoms with E-state index in [0.717, 1.165) is 30.5 Å². The first-order valence-electron chi connectivity index (χ1n) is 8.99. The van der Waals surface area contributed by atoms with Crippen LogP contribution in [0.2, 0.25) is 0 Å². The Morgan fingerprint density at radius 3 is 2.44 bits per heavy atom. The number of nitrogens with zero attached hydrogens (tertiary/aromatic N) is 1. The fourth-order valence-electron chi connectivity index (χ4n) is 4.27. The molecule has 4 rings (SSSR count). The maximum Gasteiger partial charge on any atom is 0.161 e. The molecular weight excluding hydrogens is 413 g/mol. The molecule has 0 aliphatic carbocycles. The fraction of sp³-hybridized carbons (Fsp3) is 0.429. The lowest BCUT2D eigenvalue weighted by atomic mass is 9.83. The van der Waals surface area contributed by atoms with Crippen molar-refractivity contribution in [2.24, 2.45) is 0 Å². The van der Waals surface area contributed by atoms with Crippen molar-refractivity contribution in [1.29, 1.82) is 0 Å². The standard InChI is InChI=1S/C21H24FNO3.BrH/c1-23-9-5-8-17-20(23)15-11-18(24-2)19(25-3)12-16(15)21(26-17)13-6-4-7-14(22)10-13;/h4,6-7,10-12,17,20-21H,5,8-9H2,1-3H3;1H/t17-,20-,21?;/m1./s1. The highest BCUT2D eigenvalue weighted by Gasteiger charge is 2.41. The van der Waals surface area contributed by atoms with Gasteiger partial charge in [-0.25, -0.2) is 4.39 Å². The van der Waals surface area contributed by atoms with Crippen molar-refractivity contribution >= 4 is 17.0 Å². The SMILES string of the molecule is Br.COc1cc2c(cc1OC)[C@@H]1[C@@H](CCCN1C)OC2c1cccc(F)c1. The number of benzene rings is 2. The molecule has 0 spiro atoms. The molecule has 0 amide bonds. The summed E-state index contributed by atoms with van der Waals surface area (Å²) in [6, 6.07) is 10.9. The zero-order chi connectivity index (χ0) is 18.3. The number of hydrogen-bond donors (Lipinski definition) is 0. The highest BCUT2D eigenvalue weighted by Crippen LogP contribution is 2.48. The van der Waals surface area contributed by atoms with E-state index < -0.39 is 0 Å². The fourth-order valence-corrected chi connectivity index (χ4v) is 4.27. The van der Waals surface area contributed by atoms with E-state index in [0.29, 0.717) is 11.5 Å². The Morgan fingerprint density at radius 1 is 1.07 bits per heavy atom. The molecule has 2 heterocycles. The van der Waals surface area contributed by atoms with Crippen molar-refractivity contribution in [3.8, 4) is 11.5 Å². The molecule has 2 aliphatic heterocycles. The van der Waals surface area contributed by atoms with Crippen molar-refractivity contribution in [3.63, 3.8) is 0 Å². The first-order chi connectivity index (χ1) is 12.6. The van der Waals surface area contributed by atoms with Crippen molar-refractivity contribution in [3.05, 3.63) is 58.9 Å². The van der Waals surface area contributed by atoms with E-state index in [-0.39, 0.29) is 41.0 Å². The minimum Gasteiger partial charge on any atom is -0.493 e. The summed E-state index contributed by atoms with van der Waals surface area (Å²) >= 11 is 0. The third kappa shape index (κ3) is 3.58. The molecule has 6 heteroatoms. The summed E-state index contributed by atoms with van der Waals surface area (Å²) in [5.41, 5.74) is 3.02. The zero-order valence-corrected chi connectivity index (χ0v) is 17.5. The van der Waals surface area contributed by atoms with Crippen LogP contribution < -0.4 is 9.47 Å². The minimum absolute atomic E-state index is 0. The van der Waals surface area contributed by atoms with Gasteiger partial charge in [-0.1, -0.05) is 12.1 Å². The van der Waals surface area contributed by atoms with E-state index in [2.05, 4.69) is 18.0 Å². The molecule has 0 aromatic heterocycles. The van der Waals surface area contributed by atoms with Crippen LogP contribution in [0.15, 0.2) is 36.4 Å². The maximum absolute atomic E-state index is 13.8. The Balaban J connectivity index is 0.00000210. The Hall–Kier alpha value is -1.63. The van der Waals surface area contributed by atoms with Crippen molar-refractivity contribution in [2.45, 2.75) is 31.1 Å². The second-order valence-electron chi connectivity index (χ2n) is 7.01. The number of likely N-dealkylation sites (N-methyl/N-ethyl adjacent to an activating group) is 1. The Morgan fingerprint density at radius 2 is 1.78 bits per heavy atom. The number of rotatable bonds is 3. The molecule has 2 aromatic rings. The highest BCUT2D eigenvalue weighted by atomic mass is 79.9. The molecular formula is C21H25BrFNO3. The average molecular weight is 438 g/mol. The van der Waals surface area contributed by atoms with Crippen LogP contribution in [0.3, 0.4) is 0 Å². The lowest BCUT2D eigenvalue weighted by Crippen LogP contribution is -2.44. The van der Waals surface area contributed by atoms with Crippen molar-refractivity contribution < 1.29 is 18.6 Å². The number of methoxy groups -OCH3 is 2. The van der Waals surface area contributed by atoms with Gasteiger partial charge in [0.1, 0.15) is 11.9 Å². The van der Waals surface area contributed by atoms with Crippen LogP contribution in [-0.2, 0) is 4.74 Å². The van der Waals surface area contributed by atoms with Crippen LogP contribution in [0.4, 0.5) is 4.39 Å². The molecule has 2 aliphatic rings. The molecule has 27 heavy (non-hydrogen) atoms. The Bertz CT molecular complexity index is 816. The van der Waals surface area contributed by atoms with Crippen LogP contribution in [0.1, 0.15) is 41.7 Å². The molecule has 2 aromatic carbocycles. The third-order valence-electron chi connectivity index (χ3n) is 5.48. The summed E-state index contributed by atoms with van der Waals surface area (Å²) in [5.74, 6) is 1.12. The van der Waals surface area contributed by atoms with Gasteiger partial charge in [-0.15, -0.1) is 17.0 Å². The van der Waals surface area contributed by atoms with Crippen molar-refractivity contribution in [1.82, 2.24) is 4.90 Å². The number of halogens is 2. The van der Waals surface area contributed by atoms with E-state index in [1.807, 2.05) is 12.1 Å².